The fourth-order valence-electron chi connectivity index (χ4n) is 2.98. The number of amides is 1. The van der Waals surface area contributed by atoms with Gasteiger partial charge in [0, 0.05) is 5.69 Å². The van der Waals surface area contributed by atoms with E-state index in [9.17, 15) is 14.4 Å². The summed E-state index contributed by atoms with van der Waals surface area (Å²) >= 11 is 1.02. The van der Waals surface area contributed by atoms with Crippen LogP contribution in [0.3, 0.4) is 0 Å². The van der Waals surface area contributed by atoms with Crippen LogP contribution in [-0.2, 0) is 9.53 Å². The minimum atomic E-state index is -0.612. The number of rotatable bonds is 6. The molecule has 3 aromatic rings. The number of fused-ring (bicyclic) bond motifs is 1. The van der Waals surface area contributed by atoms with E-state index >= 15 is 0 Å². The Hall–Kier alpha value is -3.13. The highest BCUT2D eigenvalue weighted by molar-refractivity contribution is 8.00. The molecular formula is C21H21N3O4S. The summed E-state index contributed by atoms with van der Waals surface area (Å²) in [5.41, 5.74) is 0.918. The van der Waals surface area contributed by atoms with Gasteiger partial charge in [0.05, 0.1) is 18.9 Å². The van der Waals surface area contributed by atoms with Crippen molar-refractivity contribution >= 4 is 34.4 Å². The van der Waals surface area contributed by atoms with Crippen LogP contribution in [0, 0.1) is 6.92 Å². The van der Waals surface area contributed by atoms with E-state index in [4.69, 9.17) is 4.74 Å². The Morgan fingerprint density at radius 2 is 1.93 bits per heavy atom. The Morgan fingerprint density at radius 3 is 2.66 bits per heavy atom. The summed E-state index contributed by atoms with van der Waals surface area (Å²) in [7, 11) is 1.25. The molecule has 2 N–H and O–H groups in total. The maximum atomic E-state index is 12.4. The number of benzene rings is 2. The van der Waals surface area contributed by atoms with Crippen LogP contribution in [0.25, 0.3) is 10.8 Å². The van der Waals surface area contributed by atoms with Crippen molar-refractivity contribution in [2.75, 3.05) is 12.9 Å². The molecule has 0 saturated carbocycles. The number of nitrogens with one attached hydrogen (secondary N) is 2. The van der Waals surface area contributed by atoms with Crippen LogP contribution < -0.4 is 11.0 Å². The van der Waals surface area contributed by atoms with Gasteiger partial charge in [-0.25, -0.2) is 9.59 Å². The van der Waals surface area contributed by atoms with Crippen LogP contribution in [0.2, 0.25) is 0 Å². The average molecular weight is 411 g/mol. The molecule has 0 radical (unpaired) electrons. The van der Waals surface area contributed by atoms with Gasteiger partial charge in [-0.1, -0.05) is 48.2 Å². The molecule has 150 valence electrons. The lowest BCUT2D eigenvalue weighted by Gasteiger charge is -2.15. The van der Waals surface area contributed by atoms with Crippen LogP contribution in [0.4, 0.5) is 0 Å². The minimum absolute atomic E-state index is 0.0117. The summed E-state index contributed by atoms with van der Waals surface area (Å²) in [5.74, 6) is -0.831. The highest BCUT2D eigenvalue weighted by Crippen LogP contribution is 2.23. The van der Waals surface area contributed by atoms with E-state index in [-0.39, 0.29) is 28.3 Å². The van der Waals surface area contributed by atoms with Gasteiger partial charge in [0.2, 0.25) is 5.91 Å². The summed E-state index contributed by atoms with van der Waals surface area (Å²) < 4.78 is 4.75. The number of aryl methyl sites for hydroxylation is 1. The van der Waals surface area contributed by atoms with Crippen LogP contribution in [-0.4, -0.2) is 34.7 Å². The molecule has 0 aliphatic carbocycles. The molecule has 1 heterocycles. The quantitative estimate of drug-likeness (QED) is 0.367. The zero-order valence-electron chi connectivity index (χ0n) is 16.3. The molecule has 2 aromatic carbocycles. The number of H-pyrrole nitrogens is 1. The number of carbonyl (C=O) groups excluding carboxylic acids is 2. The van der Waals surface area contributed by atoms with Crippen molar-refractivity contribution in [3.8, 4) is 0 Å². The Morgan fingerprint density at radius 1 is 1.21 bits per heavy atom. The largest absolute Gasteiger partial charge is 0.465 e. The van der Waals surface area contributed by atoms with Crippen LogP contribution in [0.1, 0.15) is 34.6 Å². The summed E-state index contributed by atoms with van der Waals surface area (Å²) in [6, 6.07) is 13.9. The molecule has 8 heteroatoms. The normalized spacial score (nSPS) is 11.8. The van der Waals surface area contributed by atoms with Gasteiger partial charge in [-0.15, -0.1) is 0 Å². The molecule has 0 aliphatic heterocycles. The lowest BCUT2D eigenvalue weighted by Crippen LogP contribution is -2.28. The summed E-state index contributed by atoms with van der Waals surface area (Å²) in [5, 5.41) is 5.34. The summed E-state index contributed by atoms with van der Waals surface area (Å²) in [6.45, 7) is 3.49. The van der Waals surface area contributed by atoms with E-state index < -0.39 is 11.7 Å². The number of hydrogen-bond acceptors (Lipinski definition) is 6. The van der Waals surface area contributed by atoms with Gasteiger partial charge >= 0.3 is 11.7 Å². The van der Waals surface area contributed by atoms with Gasteiger partial charge in [-0.3, -0.25) is 4.79 Å². The van der Waals surface area contributed by atoms with E-state index in [1.165, 1.54) is 7.11 Å². The molecule has 0 spiro atoms. The van der Waals surface area contributed by atoms with Crippen molar-refractivity contribution < 1.29 is 14.3 Å². The second-order valence-electron chi connectivity index (χ2n) is 6.52. The van der Waals surface area contributed by atoms with E-state index in [1.807, 2.05) is 49.4 Å². The molecule has 0 saturated heterocycles. The van der Waals surface area contributed by atoms with Gasteiger partial charge in [0.15, 0.2) is 0 Å². The highest BCUT2D eigenvalue weighted by Gasteiger charge is 2.20. The Labute approximate surface area is 171 Å². The Balaban J connectivity index is 1.69. The monoisotopic (exact) mass is 411 g/mol. The second kappa shape index (κ2) is 8.91. The van der Waals surface area contributed by atoms with Gasteiger partial charge in [-0.05, 0) is 36.2 Å². The van der Waals surface area contributed by atoms with Crippen molar-refractivity contribution in [3.63, 3.8) is 0 Å². The average Bonchev–Trinajstić information content (AvgIpc) is 2.71. The molecule has 0 aliphatic rings. The maximum absolute atomic E-state index is 12.4. The topological polar surface area (TPSA) is 101 Å². The molecular weight excluding hydrogens is 390 g/mol. The standard InChI is InChI=1S/C21H21N3O4S/c1-12(15-9-8-14-6-4-5-7-16(14)10-15)22-17(25)11-29-19-18(20(26)28-3)13(2)23-21(27)24-19/h4-10,12H,11H2,1-3H3,(H,22,25)(H,23,24,27). The van der Waals surface area contributed by atoms with E-state index in [0.717, 1.165) is 28.1 Å². The first-order chi connectivity index (χ1) is 13.9. The predicted octanol–water partition coefficient (Wildman–Crippen LogP) is 2.99. The van der Waals surface area contributed by atoms with Crippen molar-refractivity contribution in [1.29, 1.82) is 0 Å². The van der Waals surface area contributed by atoms with E-state index in [1.54, 1.807) is 6.92 Å². The van der Waals surface area contributed by atoms with Crippen LogP contribution in [0.15, 0.2) is 52.3 Å². The van der Waals surface area contributed by atoms with E-state index in [0.29, 0.717) is 5.69 Å². The fraction of sp³-hybridized carbons (Fsp3) is 0.238. The van der Waals surface area contributed by atoms with Gasteiger partial charge < -0.3 is 15.0 Å². The second-order valence-corrected chi connectivity index (χ2v) is 7.49. The number of methoxy groups -OCH3 is 1. The Bertz CT molecular complexity index is 1130. The van der Waals surface area contributed by atoms with Gasteiger partial charge in [0.25, 0.3) is 0 Å². The van der Waals surface area contributed by atoms with Crippen molar-refractivity contribution in [2.45, 2.75) is 24.9 Å². The number of hydrogen-bond donors (Lipinski definition) is 2. The number of aromatic amines is 1. The third kappa shape index (κ3) is 4.83. The molecule has 29 heavy (non-hydrogen) atoms. The molecule has 0 bridgehead atoms. The fourth-order valence-corrected chi connectivity index (χ4v) is 3.86. The minimum Gasteiger partial charge on any atom is -0.465 e. The maximum Gasteiger partial charge on any atom is 0.346 e. The molecule has 1 unspecified atom stereocenters. The number of aromatic nitrogens is 2. The molecule has 1 aromatic heterocycles. The molecule has 0 fully saturated rings. The van der Waals surface area contributed by atoms with Crippen molar-refractivity contribution in [2.24, 2.45) is 0 Å². The lowest BCUT2D eigenvalue weighted by molar-refractivity contribution is -0.119. The van der Waals surface area contributed by atoms with Crippen LogP contribution >= 0.6 is 11.8 Å². The van der Waals surface area contributed by atoms with Crippen molar-refractivity contribution in [3.05, 3.63) is 69.8 Å². The number of esters is 1. The lowest BCUT2D eigenvalue weighted by atomic mass is 10.0. The zero-order valence-corrected chi connectivity index (χ0v) is 17.1. The third-order valence-corrected chi connectivity index (χ3v) is 5.44. The number of thioether (sulfide) groups is 1. The number of nitrogens with zero attached hydrogens (tertiary/aromatic N) is 1. The molecule has 7 nitrogen and oxygen atoms in total. The molecule has 1 atom stereocenters. The first-order valence-corrected chi connectivity index (χ1v) is 9.97. The number of carbonyl (C=O) groups is 2. The smallest absolute Gasteiger partial charge is 0.346 e. The highest BCUT2D eigenvalue weighted by atomic mass is 32.2. The third-order valence-electron chi connectivity index (χ3n) is 4.47. The Kier molecular flexibility index (Phi) is 6.33. The van der Waals surface area contributed by atoms with E-state index in [2.05, 4.69) is 15.3 Å². The summed E-state index contributed by atoms with van der Waals surface area (Å²) in [4.78, 5) is 42.3. The zero-order chi connectivity index (χ0) is 21.0. The molecule has 3 rings (SSSR count). The first kappa shape index (κ1) is 20.6. The first-order valence-electron chi connectivity index (χ1n) is 8.99. The SMILES string of the molecule is COC(=O)c1c(SCC(=O)NC(C)c2ccc3ccccc3c2)nc(=O)[nH]c1C. The number of ether oxygens (including phenoxy) is 1. The van der Waals surface area contributed by atoms with Gasteiger partial charge in [0.1, 0.15) is 10.6 Å². The van der Waals surface area contributed by atoms with Gasteiger partial charge in [-0.2, -0.15) is 4.98 Å². The summed E-state index contributed by atoms with van der Waals surface area (Å²) in [6.07, 6.45) is 0. The van der Waals surface area contributed by atoms with Crippen molar-refractivity contribution in [1.82, 2.24) is 15.3 Å². The predicted molar refractivity (Wildman–Crippen MR) is 112 cm³/mol. The molecule has 1 amide bonds. The van der Waals surface area contributed by atoms with Crippen LogP contribution in [0.5, 0.6) is 0 Å².